The molecule has 1 aliphatic rings. The van der Waals surface area contributed by atoms with Crippen LogP contribution in [0.4, 0.5) is 4.79 Å². The summed E-state index contributed by atoms with van der Waals surface area (Å²) in [7, 11) is 0. The molecule has 25 heavy (non-hydrogen) atoms. The first-order valence-corrected chi connectivity index (χ1v) is 9.10. The van der Waals surface area contributed by atoms with Crippen LogP contribution < -0.4 is 0 Å². The van der Waals surface area contributed by atoms with Gasteiger partial charge in [-0.25, -0.2) is 9.69 Å². The molecule has 0 N–H and O–H groups in total. The summed E-state index contributed by atoms with van der Waals surface area (Å²) in [6.07, 6.45) is -1.07. The summed E-state index contributed by atoms with van der Waals surface area (Å²) < 4.78 is 6.24. The minimum Gasteiger partial charge on any atom is -0.439 e. The largest absolute Gasteiger partial charge is 0.439 e. The Kier molecular flexibility index (Phi) is 5.16. The van der Waals surface area contributed by atoms with Crippen LogP contribution in [0, 0.1) is 0 Å². The zero-order valence-electron chi connectivity index (χ0n) is 13.8. The molecule has 2 amide bonds. The second-order valence-corrected chi connectivity index (χ2v) is 7.44. The lowest BCUT2D eigenvalue weighted by Gasteiger charge is -2.23. The standard InChI is InChI=1S/C19H17BrClNO3/c1-11(14-8-15(20)10-16(21)9-14)18(23)22-12(2)17(25-19(22)24)13-6-4-3-5-7-13/h3-12,17H,1-2H3/t11?,12-,17-/m1/s1. The van der Waals surface area contributed by atoms with Gasteiger partial charge in [-0.15, -0.1) is 0 Å². The third-order valence-corrected chi connectivity index (χ3v) is 5.07. The highest BCUT2D eigenvalue weighted by Gasteiger charge is 2.44. The number of cyclic esters (lactones) is 1. The van der Waals surface area contributed by atoms with E-state index in [0.717, 1.165) is 15.6 Å². The van der Waals surface area contributed by atoms with E-state index in [9.17, 15) is 9.59 Å². The fourth-order valence-corrected chi connectivity index (χ4v) is 3.91. The van der Waals surface area contributed by atoms with E-state index < -0.39 is 18.1 Å². The second kappa shape index (κ2) is 7.18. The Bertz CT molecular complexity index is 791. The Morgan fingerprint density at radius 2 is 1.92 bits per heavy atom. The fraction of sp³-hybridized carbons (Fsp3) is 0.263. The molecule has 0 saturated carbocycles. The van der Waals surface area contributed by atoms with Gasteiger partial charge in [0.05, 0.1) is 12.0 Å². The first-order valence-electron chi connectivity index (χ1n) is 7.93. The van der Waals surface area contributed by atoms with Crippen LogP contribution in [0.15, 0.2) is 53.0 Å². The molecule has 0 spiro atoms. The van der Waals surface area contributed by atoms with Gasteiger partial charge in [0.2, 0.25) is 5.91 Å². The van der Waals surface area contributed by atoms with Crippen molar-refractivity contribution in [3.63, 3.8) is 0 Å². The van der Waals surface area contributed by atoms with Crippen LogP contribution in [-0.4, -0.2) is 22.9 Å². The van der Waals surface area contributed by atoms with Crippen LogP contribution in [0.25, 0.3) is 0 Å². The molecular formula is C19H17BrClNO3. The van der Waals surface area contributed by atoms with Gasteiger partial charge in [0, 0.05) is 9.50 Å². The lowest BCUT2D eigenvalue weighted by Crippen LogP contribution is -2.40. The van der Waals surface area contributed by atoms with Crippen molar-refractivity contribution in [3.8, 4) is 0 Å². The number of hydrogen-bond acceptors (Lipinski definition) is 3. The number of nitrogens with zero attached hydrogens (tertiary/aromatic N) is 1. The fourth-order valence-electron chi connectivity index (χ4n) is 3.02. The molecule has 1 heterocycles. The molecule has 0 bridgehead atoms. The van der Waals surface area contributed by atoms with Crippen molar-refractivity contribution in [2.45, 2.75) is 31.9 Å². The highest BCUT2D eigenvalue weighted by molar-refractivity contribution is 9.10. The van der Waals surface area contributed by atoms with Gasteiger partial charge < -0.3 is 4.74 Å². The first-order chi connectivity index (χ1) is 11.9. The minimum atomic E-state index is -0.612. The maximum atomic E-state index is 12.9. The Labute approximate surface area is 159 Å². The van der Waals surface area contributed by atoms with Gasteiger partial charge in [-0.2, -0.15) is 0 Å². The highest BCUT2D eigenvalue weighted by Crippen LogP contribution is 2.35. The quantitative estimate of drug-likeness (QED) is 0.673. The molecule has 3 atom stereocenters. The van der Waals surface area contributed by atoms with E-state index in [1.54, 1.807) is 19.1 Å². The monoisotopic (exact) mass is 421 g/mol. The van der Waals surface area contributed by atoms with Gasteiger partial charge in [0.25, 0.3) is 0 Å². The molecule has 2 aromatic rings. The van der Waals surface area contributed by atoms with Gasteiger partial charge in [0.15, 0.2) is 0 Å². The molecule has 4 nitrogen and oxygen atoms in total. The summed E-state index contributed by atoms with van der Waals surface area (Å²) >= 11 is 9.45. The van der Waals surface area contributed by atoms with Gasteiger partial charge in [-0.3, -0.25) is 4.79 Å². The van der Waals surface area contributed by atoms with Crippen molar-refractivity contribution in [2.75, 3.05) is 0 Å². The third kappa shape index (κ3) is 3.58. The summed E-state index contributed by atoms with van der Waals surface area (Å²) in [6, 6.07) is 14.4. The number of hydrogen-bond donors (Lipinski definition) is 0. The Morgan fingerprint density at radius 3 is 2.56 bits per heavy atom. The summed E-state index contributed by atoms with van der Waals surface area (Å²) in [5.74, 6) is -0.815. The Morgan fingerprint density at radius 1 is 1.24 bits per heavy atom. The molecule has 0 aromatic heterocycles. The summed E-state index contributed by atoms with van der Waals surface area (Å²) in [4.78, 5) is 26.5. The van der Waals surface area contributed by atoms with E-state index in [1.165, 1.54) is 4.90 Å². The van der Waals surface area contributed by atoms with Crippen molar-refractivity contribution in [2.24, 2.45) is 0 Å². The van der Waals surface area contributed by atoms with E-state index in [0.29, 0.717) is 5.02 Å². The van der Waals surface area contributed by atoms with E-state index in [4.69, 9.17) is 16.3 Å². The van der Waals surface area contributed by atoms with Crippen LogP contribution in [-0.2, 0) is 9.53 Å². The molecule has 1 unspecified atom stereocenters. The van der Waals surface area contributed by atoms with Gasteiger partial charge >= 0.3 is 6.09 Å². The van der Waals surface area contributed by atoms with Crippen molar-refractivity contribution in [3.05, 3.63) is 69.2 Å². The number of imide groups is 1. The number of halogens is 2. The van der Waals surface area contributed by atoms with Crippen LogP contribution in [0.2, 0.25) is 5.02 Å². The molecule has 3 rings (SSSR count). The smallest absolute Gasteiger partial charge is 0.417 e. The molecule has 1 fully saturated rings. The molecule has 1 aliphatic heterocycles. The number of rotatable bonds is 3. The Hall–Kier alpha value is -1.85. The van der Waals surface area contributed by atoms with Crippen molar-refractivity contribution in [1.82, 2.24) is 4.90 Å². The third-order valence-electron chi connectivity index (χ3n) is 4.39. The van der Waals surface area contributed by atoms with Gasteiger partial charge in [0.1, 0.15) is 6.10 Å². The topological polar surface area (TPSA) is 46.6 Å². The maximum Gasteiger partial charge on any atom is 0.417 e. The number of amides is 2. The summed E-state index contributed by atoms with van der Waals surface area (Å²) in [5, 5.41) is 0.531. The van der Waals surface area contributed by atoms with Crippen LogP contribution >= 0.6 is 27.5 Å². The van der Waals surface area contributed by atoms with Crippen LogP contribution in [0.3, 0.4) is 0 Å². The predicted octanol–water partition coefficient (Wildman–Crippen LogP) is 5.31. The van der Waals surface area contributed by atoms with E-state index >= 15 is 0 Å². The molecule has 130 valence electrons. The van der Waals surface area contributed by atoms with E-state index in [2.05, 4.69) is 15.9 Å². The zero-order valence-corrected chi connectivity index (χ0v) is 16.1. The average molecular weight is 423 g/mol. The molecule has 6 heteroatoms. The van der Waals surface area contributed by atoms with E-state index in [1.807, 2.05) is 43.3 Å². The molecule has 1 saturated heterocycles. The number of carbonyl (C=O) groups excluding carboxylic acids is 2. The summed E-state index contributed by atoms with van der Waals surface area (Å²) in [6.45, 7) is 3.58. The predicted molar refractivity (Wildman–Crippen MR) is 99.5 cm³/mol. The highest BCUT2D eigenvalue weighted by atomic mass is 79.9. The van der Waals surface area contributed by atoms with Crippen molar-refractivity contribution >= 4 is 39.5 Å². The van der Waals surface area contributed by atoms with Crippen molar-refractivity contribution < 1.29 is 14.3 Å². The molecule has 2 aromatic carbocycles. The summed E-state index contributed by atoms with van der Waals surface area (Å²) in [5.41, 5.74) is 1.62. The lowest BCUT2D eigenvalue weighted by molar-refractivity contribution is -0.130. The van der Waals surface area contributed by atoms with E-state index in [-0.39, 0.29) is 11.9 Å². The number of carbonyl (C=O) groups is 2. The lowest BCUT2D eigenvalue weighted by atomic mass is 9.98. The number of benzene rings is 2. The average Bonchev–Trinajstić information content (AvgIpc) is 2.88. The normalized spacial score (nSPS) is 21.1. The zero-order chi connectivity index (χ0) is 18.1. The van der Waals surface area contributed by atoms with Crippen LogP contribution in [0.1, 0.15) is 37.0 Å². The SMILES string of the molecule is CC(C(=O)N1C(=O)O[C@@H](c2ccccc2)[C@H]1C)c1cc(Cl)cc(Br)c1. The number of ether oxygens (including phenoxy) is 1. The Balaban J connectivity index is 1.85. The second-order valence-electron chi connectivity index (χ2n) is 6.09. The molecule has 0 aliphatic carbocycles. The molecule has 0 radical (unpaired) electrons. The van der Waals surface area contributed by atoms with Crippen molar-refractivity contribution in [1.29, 1.82) is 0 Å². The van der Waals surface area contributed by atoms with Crippen LogP contribution in [0.5, 0.6) is 0 Å². The van der Waals surface area contributed by atoms with Gasteiger partial charge in [-0.05, 0) is 43.2 Å². The minimum absolute atomic E-state index is 0.301. The first kappa shape index (κ1) is 18.0. The maximum absolute atomic E-state index is 12.9. The molecular weight excluding hydrogens is 406 g/mol. The van der Waals surface area contributed by atoms with Gasteiger partial charge in [-0.1, -0.05) is 57.9 Å².